The maximum Gasteiger partial charge on any atom is 0.338 e. The number of benzene rings is 3. The molecule has 6 rings (SSSR count). The van der Waals surface area contributed by atoms with E-state index in [9.17, 15) is 23.9 Å². The van der Waals surface area contributed by atoms with Crippen molar-refractivity contribution < 1.29 is 28.2 Å². The third-order valence-corrected chi connectivity index (χ3v) is 7.84. The predicted molar refractivity (Wildman–Crippen MR) is 159 cm³/mol. The fraction of sp³-hybridized carbons (Fsp3) is 0.0909. The minimum atomic E-state index is -1.05. The molecule has 2 aromatic heterocycles. The number of aromatic carboxylic acids is 1. The fourth-order valence-corrected chi connectivity index (χ4v) is 5.90. The molecule has 0 unspecified atom stereocenters. The van der Waals surface area contributed by atoms with E-state index >= 15 is 0 Å². The first-order chi connectivity index (χ1) is 20.8. The van der Waals surface area contributed by atoms with Crippen molar-refractivity contribution in [3.8, 4) is 11.3 Å². The van der Waals surface area contributed by atoms with E-state index in [0.29, 0.717) is 43.2 Å². The van der Waals surface area contributed by atoms with Gasteiger partial charge in [0.15, 0.2) is 4.80 Å². The topological polar surface area (TPSA) is 111 Å². The van der Waals surface area contributed by atoms with E-state index in [2.05, 4.69) is 0 Å². The van der Waals surface area contributed by atoms with E-state index in [1.54, 1.807) is 37.3 Å². The number of hydrogen-bond donors (Lipinski definition) is 1. The van der Waals surface area contributed by atoms with Crippen molar-refractivity contribution >= 4 is 35.0 Å². The van der Waals surface area contributed by atoms with Crippen LogP contribution in [0.4, 0.5) is 4.39 Å². The lowest BCUT2D eigenvalue weighted by Crippen LogP contribution is -2.40. The van der Waals surface area contributed by atoms with Crippen molar-refractivity contribution in [1.29, 1.82) is 0 Å². The second-order valence-corrected chi connectivity index (χ2v) is 10.6. The van der Waals surface area contributed by atoms with E-state index in [0.717, 1.165) is 11.3 Å². The van der Waals surface area contributed by atoms with Crippen LogP contribution in [-0.4, -0.2) is 28.2 Å². The van der Waals surface area contributed by atoms with Crippen molar-refractivity contribution in [2.75, 3.05) is 6.61 Å². The second-order valence-electron chi connectivity index (χ2n) is 9.57. The Labute approximate surface area is 248 Å². The Morgan fingerprint density at radius 3 is 2.49 bits per heavy atom. The first-order valence-electron chi connectivity index (χ1n) is 13.3. The van der Waals surface area contributed by atoms with Gasteiger partial charge >= 0.3 is 11.9 Å². The van der Waals surface area contributed by atoms with Gasteiger partial charge in [-0.05, 0) is 48.9 Å². The zero-order chi connectivity index (χ0) is 30.1. The van der Waals surface area contributed by atoms with Gasteiger partial charge in [-0.25, -0.2) is 19.0 Å². The molecule has 8 nitrogen and oxygen atoms in total. The number of nitrogens with zero attached hydrogens (tertiary/aromatic N) is 2. The molecular weight excluding hydrogens is 571 g/mol. The first kappa shape index (κ1) is 27.8. The number of aromatic nitrogens is 1. The van der Waals surface area contributed by atoms with Gasteiger partial charge in [-0.2, -0.15) is 0 Å². The molecule has 0 saturated heterocycles. The van der Waals surface area contributed by atoms with Crippen molar-refractivity contribution in [3.05, 3.63) is 145 Å². The van der Waals surface area contributed by atoms with Gasteiger partial charge in [-0.1, -0.05) is 65.9 Å². The Hall–Kier alpha value is -5.35. The lowest BCUT2D eigenvalue weighted by molar-refractivity contribution is -0.138. The standard InChI is InChI=1S/C33H23FN2O6S/c1-2-41-32(40)27-28(19-7-4-3-5-8-19)35-33-36(29(27)20-11-13-23(34)14-12-20)30(37)26(43-33)18-24-15-16-25(42-24)21-9-6-10-22(17-21)31(38)39/h3-18,29H,2H2,1H3,(H,38,39)/b26-18-/t29-/m1/s1. The number of fused-ring (bicyclic) bond motifs is 1. The van der Waals surface area contributed by atoms with Gasteiger partial charge in [-0.3, -0.25) is 9.36 Å². The molecular formula is C33H23FN2O6S. The van der Waals surface area contributed by atoms with Gasteiger partial charge in [0.05, 0.1) is 34.0 Å². The van der Waals surface area contributed by atoms with Gasteiger partial charge in [0.1, 0.15) is 17.3 Å². The Balaban J connectivity index is 1.54. The Bertz CT molecular complexity index is 2070. The highest BCUT2D eigenvalue weighted by Gasteiger charge is 2.35. The number of esters is 1. The summed E-state index contributed by atoms with van der Waals surface area (Å²) in [4.78, 5) is 43.9. The molecule has 0 spiro atoms. The van der Waals surface area contributed by atoms with Crippen LogP contribution in [0.5, 0.6) is 0 Å². The molecule has 0 aliphatic carbocycles. The lowest BCUT2D eigenvalue weighted by atomic mass is 9.93. The summed E-state index contributed by atoms with van der Waals surface area (Å²) in [7, 11) is 0. The van der Waals surface area contributed by atoms with Crippen LogP contribution >= 0.6 is 11.3 Å². The second kappa shape index (κ2) is 11.5. The lowest BCUT2D eigenvalue weighted by Gasteiger charge is -2.25. The van der Waals surface area contributed by atoms with Crippen LogP contribution in [0.15, 0.2) is 111 Å². The number of carbonyl (C=O) groups excluding carboxylic acids is 1. The molecule has 1 aliphatic heterocycles. The Kier molecular flexibility index (Phi) is 7.43. The average Bonchev–Trinajstić information content (AvgIpc) is 3.61. The van der Waals surface area contributed by atoms with Gasteiger partial charge in [0.25, 0.3) is 5.56 Å². The van der Waals surface area contributed by atoms with E-state index in [1.807, 2.05) is 30.3 Å². The van der Waals surface area contributed by atoms with Crippen LogP contribution in [0.25, 0.3) is 23.1 Å². The third kappa shape index (κ3) is 5.35. The highest BCUT2D eigenvalue weighted by molar-refractivity contribution is 7.07. The number of halogens is 1. The molecule has 1 N–H and O–H groups in total. The van der Waals surface area contributed by atoms with Gasteiger partial charge < -0.3 is 14.3 Å². The van der Waals surface area contributed by atoms with Crippen molar-refractivity contribution in [3.63, 3.8) is 0 Å². The molecule has 3 heterocycles. The summed E-state index contributed by atoms with van der Waals surface area (Å²) in [6, 6.07) is 23.5. The van der Waals surface area contributed by atoms with Gasteiger partial charge in [0.2, 0.25) is 0 Å². The SMILES string of the molecule is CCOC(=O)C1=C(c2ccccc2)N=c2s/c(=C\c3ccc(-c4cccc(C(=O)O)c4)o3)c(=O)n2[C@@H]1c1ccc(F)cc1. The van der Waals surface area contributed by atoms with E-state index in [1.165, 1.54) is 41.0 Å². The summed E-state index contributed by atoms with van der Waals surface area (Å²) < 4.78 is 27.0. The van der Waals surface area contributed by atoms with Crippen LogP contribution in [-0.2, 0) is 9.53 Å². The monoisotopic (exact) mass is 594 g/mol. The van der Waals surface area contributed by atoms with Crippen molar-refractivity contribution in [1.82, 2.24) is 4.57 Å². The zero-order valence-corrected chi connectivity index (χ0v) is 23.5. The number of rotatable bonds is 7. The Morgan fingerprint density at radius 2 is 1.77 bits per heavy atom. The highest BCUT2D eigenvalue weighted by Crippen LogP contribution is 2.35. The van der Waals surface area contributed by atoms with E-state index in [4.69, 9.17) is 14.1 Å². The number of furan rings is 1. The largest absolute Gasteiger partial charge is 0.478 e. The van der Waals surface area contributed by atoms with E-state index < -0.39 is 29.4 Å². The fourth-order valence-electron chi connectivity index (χ4n) is 4.92. The number of carboxylic acid groups (broad SMARTS) is 1. The number of ether oxygens (including phenoxy) is 1. The number of carbonyl (C=O) groups is 2. The molecule has 10 heteroatoms. The summed E-state index contributed by atoms with van der Waals surface area (Å²) in [5.74, 6) is -1.34. The summed E-state index contributed by atoms with van der Waals surface area (Å²) in [6.45, 7) is 1.81. The molecule has 0 amide bonds. The maximum atomic E-state index is 14.0. The maximum absolute atomic E-state index is 14.0. The van der Waals surface area contributed by atoms with Crippen LogP contribution < -0.4 is 14.9 Å². The molecule has 0 saturated carbocycles. The smallest absolute Gasteiger partial charge is 0.338 e. The van der Waals surface area contributed by atoms with Crippen LogP contribution in [0, 0.1) is 5.82 Å². The number of carboxylic acids is 1. The van der Waals surface area contributed by atoms with Crippen molar-refractivity contribution in [2.45, 2.75) is 13.0 Å². The number of thiazole rings is 1. The van der Waals surface area contributed by atoms with E-state index in [-0.39, 0.29) is 17.7 Å². The minimum Gasteiger partial charge on any atom is -0.478 e. The highest BCUT2D eigenvalue weighted by atomic mass is 32.1. The summed E-state index contributed by atoms with van der Waals surface area (Å²) in [5.41, 5.74) is 1.98. The van der Waals surface area contributed by atoms with Gasteiger partial charge in [0, 0.05) is 17.2 Å². The molecule has 0 radical (unpaired) electrons. The quantitative estimate of drug-likeness (QED) is 0.265. The molecule has 214 valence electrons. The Morgan fingerprint density at radius 1 is 1.02 bits per heavy atom. The predicted octanol–water partition coefficient (Wildman–Crippen LogP) is 5.03. The average molecular weight is 595 g/mol. The van der Waals surface area contributed by atoms with Crippen LogP contribution in [0.2, 0.25) is 0 Å². The molecule has 1 aliphatic rings. The molecule has 5 aromatic rings. The summed E-state index contributed by atoms with van der Waals surface area (Å²) >= 11 is 1.13. The molecule has 43 heavy (non-hydrogen) atoms. The molecule has 1 atom stereocenters. The zero-order valence-electron chi connectivity index (χ0n) is 22.7. The third-order valence-electron chi connectivity index (χ3n) is 6.85. The normalized spacial score (nSPS) is 14.7. The number of hydrogen-bond acceptors (Lipinski definition) is 7. The summed E-state index contributed by atoms with van der Waals surface area (Å²) in [5, 5.41) is 9.33. The summed E-state index contributed by atoms with van der Waals surface area (Å²) in [6.07, 6.45) is 1.58. The van der Waals surface area contributed by atoms with Crippen LogP contribution in [0.3, 0.4) is 0 Å². The minimum absolute atomic E-state index is 0.112. The molecule has 0 fully saturated rings. The molecule has 3 aromatic carbocycles. The first-order valence-corrected chi connectivity index (χ1v) is 14.1. The van der Waals surface area contributed by atoms with Gasteiger partial charge in [-0.15, -0.1) is 0 Å². The van der Waals surface area contributed by atoms with Crippen molar-refractivity contribution in [2.24, 2.45) is 4.99 Å². The van der Waals surface area contributed by atoms with Crippen LogP contribution in [0.1, 0.15) is 40.2 Å². The molecule has 0 bridgehead atoms.